The van der Waals surface area contributed by atoms with E-state index in [0.717, 1.165) is 5.56 Å². The molecule has 2 heterocycles. The summed E-state index contributed by atoms with van der Waals surface area (Å²) in [6.07, 6.45) is -0.308. The molecule has 0 N–H and O–H groups in total. The van der Waals surface area contributed by atoms with Gasteiger partial charge in [0.1, 0.15) is 11.3 Å². The van der Waals surface area contributed by atoms with Crippen LogP contribution in [0.1, 0.15) is 43.2 Å². The lowest BCUT2D eigenvalue weighted by Crippen LogP contribution is -2.36. The summed E-state index contributed by atoms with van der Waals surface area (Å²) in [4.78, 5) is 27.4. The maximum Gasteiger partial charge on any atom is 0.410 e. The highest BCUT2D eigenvalue weighted by Gasteiger charge is 2.33. The molecule has 1 aliphatic rings. The molecule has 0 spiro atoms. The number of carbonyl (C=O) groups excluding carboxylic acids is 2. The van der Waals surface area contributed by atoms with Crippen molar-refractivity contribution in [3.05, 3.63) is 69.8 Å². The van der Waals surface area contributed by atoms with Crippen LogP contribution < -0.4 is 0 Å². The summed E-state index contributed by atoms with van der Waals surface area (Å²) in [5.74, 6) is -0.132. The van der Waals surface area contributed by atoms with E-state index in [1.165, 1.54) is 0 Å². The Bertz CT molecular complexity index is 1180. The second-order valence-corrected chi connectivity index (χ2v) is 9.46. The molecule has 0 atom stereocenters. The molecule has 0 aliphatic carbocycles. The molecule has 4 rings (SSSR count). The molecular formula is C24H23Cl2N3O3. The number of Topliss-reactive ketones (excluding diaryl/α,β-unsaturated/α-hetero) is 1. The molecule has 0 fully saturated rings. The SMILES string of the molecule is CC(C)(C)OC(=O)N1CCC(=O)c2nn(-c3ccccc3Cl)c(-c3ccc(Cl)cc3)c2C1. The van der Waals surface area contributed by atoms with Gasteiger partial charge in [-0.05, 0) is 45.0 Å². The first-order valence-corrected chi connectivity index (χ1v) is 11.0. The molecule has 6 nitrogen and oxygen atoms in total. The first kappa shape index (κ1) is 22.4. The van der Waals surface area contributed by atoms with Gasteiger partial charge in [-0.25, -0.2) is 9.48 Å². The van der Waals surface area contributed by atoms with Crippen molar-refractivity contribution in [2.24, 2.45) is 0 Å². The lowest BCUT2D eigenvalue weighted by Gasteiger charge is -2.26. The monoisotopic (exact) mass is 471 g/mol. The highest BCUT2D eigenvalue weighted by atomic mass is 35.5. The average Bonchev–Trinajstić information content (AvgIpc) is 3.01. The van der Waals surface area contributed by atoms with Crippen LogP contribution in [-0.4, -0.2) is 38.7 Å². The van der Waals surface area contributed by atoms with E-state index in [2.05, 4.69) is 5.10 Å². The van der Waals surface area contributed by atoms with Crippen molar-refractivity contribution < 1.29 is 14.3 Å². The number of para-hydroxylation sites is 1. The van der Waals surface area contributed by atoms with Crippen LogP contribution in [0.5, 0.6) is 0 Å². The molecule has 0 unspecified atom stereocenters. The van der Waals surface area contributed by atoms with Crippen molar-refractivity contribution in [1.82, 2.24) is 14.7 Å². The number of aromatic nitrogens is 2. The van der Waals surface area contributed by atoms with Gasteiger partial charge in [0.05, 0.1) is 22.9 Å². The Kier molecular flexibility index (Phi) is 6.01. The molecule has 3 aromatic rings. The van der Waals surface area contributed by atoms with Crippen molar-refractivity contribution in [3.8, 4) is 16.9 Å². The quantitative estimate of drug-likeness (QED) is 0.448. The molecule has 0 saturated carbocycles. The van der Waals surface area contributed by atoms with Gasteiger partial charge in [0.2, 0.25) is 0 Å². The minimum Gasteiger partial charge on any atom is -0.444 e. The third kappa shape index (κ3) is 4.52. The Balaban J connectivity index is 1.89. The fourth-order valence-corrected chi connectivity index (χ4v) is 3.98. The van der Waals surface area contributed by atoms with Gasteiger partial charge >= 0.3 is 6.09 Å². The Hall–Kier alpha value is -2.83. The topological polar surface area (TPSA) is 64.4 Å². The van der Waals surface area contributed by atoms with Gasteiger partial charge < -0.3 is 9.64 Å². The standard InChI is InChI=1S/C24H23Cl2N3O3/c1-24(2,3)32-23(31)28-13-12-20(30)21-17(14-28)22(15-8-10-16(25)11-9-15)29(27-21)19-7-5-4-6-18(19)26/h4-11H,12-14H2,1-3H3. The van der Waals surface area contributed by atoms with Crippen LogP contribution >= 0.6 is 23.2 Å². The fraction of sp³-hybridized carbons (Fsp3) is 0.292. The van der Waals surface area contributed by atoms with Crippen LogP contribution in [0.2, 0.25) is 10.0 Å². The summed E-state index contributed by atoms with van der Waals surface area (Å²) >= 11 is 12.6. The number of carbonyl (C=O) groups is 2. The summed E-state index contributed by atoms with van der Waals surface area (Å²) in [6, 6.07) is 14.6. The van der Waals surface area contributed by atoms with E-state index in [1.807, 2.05) is 51.1 Å². The Morgan fingerprint density at radius 2 is 1.75 bits per heavy atom. The zero-order chi connectivity index (χ0) is 23.0. The smallest absolute Gasteiger partial charge is 0.410 e. The molecule has 1 aliphatic heterocycles. The number of fused-ring (bicyclic) bond motifs is 1. The van der Waals surface area contributed by atoms with Crippen LogP contribution in [0.3, 0.4) is 0 Å². The number of benzene rings is 2. The van der Waals surface area contributed by atoms with Crippen LogP contribution in [0.4, 0.5) is 4.79 Å². The number of hydrogen-bond acceptors (Lipinski definition) is 4. The molecule has 32 heavy (non-hydrogen) atoms. The molecular weight excluding hydrogens is 449 g/mol. The lowest BCUT2D eigenvalue weighted by atomic mass is 10.0. The highest BCUT2D eigenvalue weighted by molar-refractivity contribution is 6.32. The van der Waals surface area contributed by atoms with E-state index in [-0.39, 0.29) is 25.3 Å². The first-order valence-electron chi connectivity index (χ1n) is 10.3. The van der Waals surface area contributed by atoms with Crippen LogP contribution in [0.25, 0.3) is 16.9 Å². The number of ether oxygens (including phenoxy) is 1. The van der Waals surface area contributed by atoms with Gasteiger partial charge in [-0.3, -0.25) is 4.79 Å². The van der Waals surface area contributed by atoms with Crippen LogP contribution in [0.15, 0.2) is 48.5 Å². The van der Waals surface area contributed by atoms with Crippen molar-refractivity contribution in [2.45, 2.75) is 39.3 Å². The second-order valence-electron chi connectivity index (χ2n) is 8.62. The lowest BCUT2D eigenvalue weighted by molar-refractivity contribution is 0.0238. The summed E-state index contributed by atoms with van der Waals surface area (Å²) in [5.41, 5.74) is 2.48. The highest BCUT2D eigenvalue weighted by Crippen LogP contribution is 2.35. The Morgan fingerprint density at radius 1 is 1.06 bits per heavy atom. The van der Waals surface area contributed by atoms with Gasteiger partial charge in [-0.2, -0.15) is 5.10 Å². The third-order valence-electron chi connectivity index (χ3n) is 5.06. The van der Waals surface area contributed by atoms with Gasteiger partial charge in [0, 0.05) is 29.1 Å². The van der Waals surface area contributed by atoms with E-state index < -0.39 is 11.7 Å². The zero-order valence-corrected chi connectivity index (χ0v) is 19.6. The van der Waals surface area contributed by atoms with E-state index in [1.54, 1.807) is 27.8 Å². The van der Waals surface area contributed by atoms with E-state index in [0.29, 0.717) is 32.7 Å². The number of ketones is 1. The van der Waals surface area contributed by atoms with Crippen LogP contribution in [-0.2, 0) is 11.3 Å². The zero-order valence-electron chi connectivity index (χ0n) is 18.1. The van der Waals surface area contributed by atoms with Gasteiger partial charge in [-0.1, -0.05) is 47.5 Å². The summed E-state index contributed by atoms with van der Waals surface area (Å²) in [6.45, 7) is 5.89. The van der Waals surface area contributed by atoms with Crippen molar-refractivity contribution in [2.75, 3.05) is 6.54 Å². The maximum atomic E-state index is 13.0. The average molecular weight is 472 g/mol. The van der Waals surface area contributed by atoms with E-state index >= 15 is 0 Å². The maximum absolute atomic E-state index is 13.0. The predicted molar refractivity (Wildman–Crippen MR) is 125 cm³/mol. The predicted octanol–water partition coefficient (Wildman–Crippen LogP) is 6.17. The van der Waals surface area contributed by atoms with E-state index in [9.17, 15) is 9.59 Å². The van der Waals surface area contributed by atoms with Crippen molar-refractivity contribution in [3.63, 3.8) is 0 Å². The molecule has 1 amide bonds. The summed E-state index contributed by atoms with van der Waals surface area (Å²) < 4.78 is 7.24. The van der Waals surface area contributed by atoms with E-state index in [4.69, 9.17) is 27.9 Å². The molecule has 8 heteroatoms. The van der Waals surface area contributed by atoms with Gasteiger partial charge in [-0.15, -0.1) is 0 Å². The van der Waals surface area contributed by atoms with Gasteiger partial charge in [0.25, 0.3) is 0 Å². The van der Waals surface area contributed by atoms with Crippen LogP contribution in [0, 0.1) is 0 Å². The number of hydrogen-bond donors (Lipinski definition) is 0. The summed E-state index contributed by atoms with van der Waals surface area (Å²) in [5, 5.41) is 5.75. The molecule has 1 aromatic heterocycles. The Morgan fingerprint density at radius 3 is 2.41 bits per heavy atom. The minimum absolute atomic E-state index is 0.132. The first-order chi connectivity index (χ1) is 15.1. The molecule has 2 aromatic carbocycles. The normalized spacial score (nSPS) is 14.2. The number of halogens is 2. The molecule has 0 bridgehead atoms. The van der Waals surface area contributed by atoms with Crippen molar-refractivity contribution in [1.29, 1.82) is 0 Å². The second kappa shape index (κ2) is 8.60. The molecule has 0 radical (unpaired) electrons. The third-order valence-corrected chi connectivity index (χ3v) is 5.63. The van der Waals surface area contributed by atoms with Crippen molar-refractivity contribution >= 4 is 35.1 Å². The minimum atomic E-state index is -0.642. The Labute approximate surface area is 196 Å². The number of rotatable bonds is 2. The largest absolute Gasteiger partial charge is 0.444 e. The molecule has 0 saturated heterocycles. The molecule has 166 valence electrons. The fourth-order valence-electron chi connectivity index (χ4n) is 3.63. The number of nitrogens with zero attached hydrogens (tertiary/aromatic N) is 3. The number of amides is 1. The summed E-state index contributed by atoms with van der Waals surface area (Å²) in [7, 11) is 0. The van der Waals surface area contributed by atoms with Gasteiger partial charge in [0.15, 0.2) is 5.78 Å².